The van der Waals surface area contributed by atoms with Crippen LogP contribution in [-0.2, 0) is 0 Å². The van der Waals surface area contributed by atoms with Crippen LogP contribution >= 0.6 is 22.6 Å². The SMILES string of the molecule is CC(C)c1nc(-c2ccc3ccccc3n2)nc(N)c1I. The molecule has 106 valence electrons. The molecule has 5 heteroatoms. The molecule has 0 radical (unpaired) electrons. The van der Waals surface area contributed by atoms with Crippen LogP contribution < -0.4 is 5.73 Å². The Morgan fingerprint density at radius 3 is 2.52 bits per heavy atom. The van der Waals surface area contributed by atoms with Crippen molar-refractivity contribution in [3.63, 3.8) is 0 Å². The van der Waals surface area contributed by atoms with E-state index in [9.17, 15) is 0 Å². The van der Waals surface area contributed by atoms with Crippen LogP contribution in [0.4, 0.5) is 5.82 Å². The van der Waals surface area contributed by atoms with Gasteiger partial charge in [0, 0.05) is 5.39 Å². The molecule has 1 aromatic carbocycles. The van der Waals surface area contributed by atoms with Crippen molar-refractivity contribution in [3.05, 3.63) is 45.7 Å². The van der Waals surface area contributed by atoms with E-state index in [-0.39, 0.29) is 0 Å². The predicted octanol–water partition coefficient (Wildman–Crippen LogP) is 4.00. The highest BCUT2D eigenvalue weighted by Gasteiger charge is 2.15. The maximum absolute atomic E-state index is 6.02. The molecule has 0 aliphatic rings. The second-order valence-corrected chi connectivity index (χ2v) is 6.25. The third kappa shape index (κ3) is 2.70. The lowest BCUT2D eigenvalue weighted by atomic mass is 10.1. The number of nitrogen functional groups attached to an aromatic ring is 1. The van der Waals surface area contributed by atoms with E-state index in [0.717, 1.165) is 25.9 Å². The fraction of sp³-hybridized carbons (Fsp3) is 0.188. The van der Waals surface area contributed by atoms with Crippen LogP contribution in [0.3, 0.4) is 0 Å². The topological polar surface area (TPSA) is 64.7 Å². The van der Waals surface area contributed by atoms with Gasteiger partial charge in [-0.1, -0.05) is 38.1 Å². The Kier molecular flexibility index (Phi) is 3.75. The molecule has 0 unspecified atom stereocenters. The molecular formula is C16H15IN4. The first kappa shape index (κ1) is 14.2. The van der Waals surface area contributed by atoms with Crippen LogP contribution in [0, 0.1) is 3.57 Å². The van der Waals surface area contributed by atoms with Crippen molar-refractivity contribution >= 4 is 39.3 Å². The highest BCUT2D eigenvalue weighted by molar-refractivity contribution is 14.1. The molecule has 0 amide bonds. The molecule has 0 spiro atoms. The largest absolute Gasteiger partial charge is 0.383 e. The number of hydrogen-bond donors (Lipinski definition) is 1. The maximum atomic E-state index is 6.02. The number of benzene rings is 1. The Morgan fingerprint density at radius 1 is 1.00 bits per heavy atom. The van der Waals surface area contributed by atoms with E-state index in [1.54, 1.807) is 0 Å². The Morgan fingerprint density at radius 2 is 1.76 bits per heavy atom. The van der Waals surface area contributed by atoms with Crippen molar-refractivity contribution in [2.24, 2.45) is 0 Å². The first-order valence-corrected chi connectivity index (χ1v) is 7.83. The molecular weight excluding hydrogens is 375 g/mol. The lowest BCUT2D eigenvalue weighted by Crippen LogP contribution is -2.07. The summed E-state index contributed by atoms with van der Waals surface area (Å²) in [6.45, 7) is 4.20. The molecule has 3 aromatic rings. The molecule has 21 heavy (non-hydrogen) atoms. The van der Waals surface area contributed by atoms with Gasteiger partial charge in [0.1, 0.15) is 11.5 Å². The molecule has 2 heterocycles. The van der Waals surface area contributed by atoms with Crippen molar-refractivity contribution in [3.8, 4) is 11.5 Å². The van der Waals surface area contributed by atoms with Crippen molar-refractivity contribution in [1.82, 2.24) is 15.0 Å². The molecule has 0 atom stereocenters. The van der Waals surface area contributed by atoms with E-state index < -0.39 is 0 Å². The Bertz CT molecular complexity index is 814. The molecule has 0 aliphatic carbocycles. The monoisotopic (exact) mass is 390 g/mol. The Hall–Kier alpha value is -1.76. The van der Waals surface area contributed by atoms with Gasteiger partial charge in [-0.05, 0) is 40.6 Å². The van der Waals surface area contributed by atoms with Gasteiger partial charge in [0.05, 0.1) is 14.8 Å². The van der Waals surface area contributed by atoms with Gasteiger partial charge in [-0.25, -0.2) is 15.0 Å². The molecule has 0 fully saturated rings. The molecule has 0 aliphatic heterocycles. The van der Waals surface area contributed by atoms with E-state index >= 15 is 0 Å². The summed E-state index contributed by atoms with van der Waals surface area (Å²) >= 11 is 2.20. The van der Waals surface area contributed by atoms with Crippen LogP contribution in [0.1, 0.15) is 25.5 Å². The third-order valence-corrected chi connectivity index (χ3v) is 4.38. The van der Waals surface area contributed by atoms with E-state index in [1.165, 1.54) is 0 Å². The number of nitrogens with two attached hydrogens (primary N) is 1. The average Bonchev–Trinajstić information content (AvgIpc) is 2.49. The number of aromatic nitrogens is 3. The van der Waals surface area contributed by atoms with E-state index in [0.29, 0.717) is 17.6 Å². The summed E-state index contributed by atoms with van der Waals surface area (Å²) in [6, 6.07) is 12.0. The van der Waals surface area contributed by atoms with E-state index in [4.69, 9.17) is 5.73 Å². The summed E-state index contributed by atoms with van der Waals surface area (Å²) in [5.74, 6) is 1.39. The minimum atomic E-state index is 0.293. The van der Waals surface area contributed by atoms with Crippen molar-refractivity contribution in [2.75, 3.05) is 5.73 Å². The maximum Gasteiger partial charge on any atom is 0.180 e. The molecule has 4 nitrogen and oxygen atoms in total. The first-order valence-electron chi connectivity index (χ1n) is 6.75. The van der Waals surface area contributed by atoms with Crippen LogP contribution in [0.15, 0.2) is 36.4 Å². The fourth-order valence-electron chi connectivity index (χ4n) is 2.17. The molecule has 0 saturated carbocycles. The number of rotatable bonds is 2. The number of anilines is 1. The molecule has 3 rings (SSSR count). The average molecular weight is 390 g/mol. The summed E-state index contributed by atoms with van der Waals surface area (Å²) < 4.78 is 0.923. The van der Waals surface area contributed by atoms with Crippen LogP contribution in [0.2, 0.25) is 0 Å². The standard InChI is InChI=1S/C16H15IN4/c1-9(2)14-13(17)15(18)21-16(20-14)12-8-7-10-5-3-4-6-11(10)19-12/h3-9H,1-2H3,(H2,18,20,21). The number of hydrogen-bond acceptors (Lipinski definition) is 4. The van der Waals surface area contributed by atoms with Gasteiger partial charge in [0.15, 0.2) is 5.82 Å². The molecule has 2 aromatic heterocycles. The quantitative estimate of drug-likeness (QED) is 0.672. The summed E-state index contributed by atoms with van der Waals surface area (Å²) in [6.07, 6.45) is 0. The number of fused-ring (bicyclic) bond motifs is 1. The van der Waals surface area contributed by atoms with Gasteiger partial charge in [-0.2, -0.15) is 0 Å². The van der Waals surface area contributed by atoms with E-state index in [1.807, 2.05) is 36.4 Å². The Balaban J connectivity index is 2.18. The second kappa shape index (κ2) is 5.55. The number of para-hydroxylation sites is 1. The van der Waals surface area contributed by atoms with Gasteiger partial charge in [0.25, 0.3) is 0 Å². The predicted molar refractivity (Wildman–Crippen MR) is 94.0 cm³/mol. The smallest absolute Gasteiger partial charge is 0.180 e. The second-order valence-electron chi connectivity index (χ2n) is 5.18. The van der Waals surface area contributed by atoms with Crippen LogP contribution in [0.5, 0.6) is 0 Å². The zero-order chi connectivity index (χ0) is 15.0. The number of halogens is 1. The summed E-state index contributed by atoms with van der Waals surface area (Å²) in [7, 11) is 0. The third-order valence-electron chi connectivity index (χ3n) is 3.28. The fourth-order valence-corrected chi connectivity index (χ4v) is 3.03. The minimum absolute atomic E-state index is 0.293. The molecule has 0 bridgehead atoms. The highest BCUT2D eigenvalue weighted by atomic mass is 127. The lowest BCUT2D eigenvalue weighted by molar-refractivity contribution is 0.809. The van der Waals surface area contributed by atoms with E-state index in [2.05, 4.69) is 51.4 Å². The van der Waals surface area contributed by atoms with Crippen molar-refractivity contribution in [1.29, 1.82) is 0 Å². The highest BCUT2D eigenvalue weighted by Crippen LogP contribution is 2.26. The minimum Gasteiger partial charge on any atom is -0.383 e. The van der Waals surface area contributed by atoms with Crippen LogP contribution in [0.25, 0.3) is 22.4 Å². The number of pyridine rings is 1. The zero-order valence-electron chi connectivity index (χ0n) is 11.8. The summed E-state index contributed by atoms with van der Waals surface area (Å²) in [5.41, 5.74) is 8.67. The van der Waals surface area contributed by atoms with Crippen LogP contribution in [-0.4, -0.2) is 15.0 Å². The normalized spacial score (nSPS) is 11.2. The Labute approximate surface area is 137 Å². The molecule has 2 N–H and O–H groups in total. The summed E-state index contributed by atoms with van der Waals surface area (Å²) in [5, 5.41) is 1.10. The number of nitrogens with zero attached hydrogens (tertiary/aromatic N) is 3. The first-order chi connectivity index (χ1) is 10.1. The van der Waals surface area contributed by atoms with Gasteiger partial charge in [0.2, 0.25) is 0 Å². The van der Waals surface area contributed by atoms with Gasteiger partial charge in [-0.15, -0.1) is 0 Å². The van der Waals surface area contributed by atoms with Gasteiger partial charge in [-0.3, -0.25) is 0 Å². The molecule has 0 saturated heterocycles. The van der Waals surface area contributed by atoms with Gasteiger partial charge < -0.3 is 5.73 Å². The zero-order valence-corrected chi connectivity index (χ0v) is 14.0. The van der Waals surface area contributed by atoms with Gasteiger partial charge >= 0.3 is 0 Å². The lowest BCUT2D eigenvalue weighted by Gasteiger charge is -2.11. The van der Waals surface area contributed by atoms with Crippen molar-refractivity contribution in [2.45, 2.75) is 19.8 Å². The summed E-state index contributed by atoms with van der Waals surface area (Å²) in [4.78, 5) is 13.7. The van der Waals surface area contributed by atoms with Crippen molar-refractivity contribution < 1.29 is 0 Å².